The molecule has 0 fully saturated rings. The molecule has 0 unspecified atom stereocenters. The summed E-state index contributed by atoms with van der Waals surface area (Å²) < 4.78 is 0. The zero-order chi connectivity index (χ0) is 9.26. The molecule has 0 bridgehead atoms. The summed E-state index contributed by atoms with van der Waals surface area (Å²) in [5.74, 6) is 0.0758. The van der Waals surface area contributed by atoms with E-state index in [4.69, 9.17) is 0 Å². The fourth-order valence-electron chi connectivity index (χ4n) is 1.00. The zero-order valence-corrected chi connectivity index (χ0v) is 8.61. The van der Waals surface area contributed by atoms with Gasteiger partial charge >= 0.3 is 0 Å². The number of ketones is 1. The first kappa shape index (κ1) is 8.59. The molecule has 0 aliphatic heterocycles. The Kier molecular flexibility index (Phi) is 2.24. The van der Waals surface area contributed by atoms with Crippen molar-refractivity contribution in [3.05, 3.63) is 38.5 Å². The van der Waals surface area contributed by atoms with Crippen molar-refractivity contribution >= 4 is 28.5 Å². The second-order valence-corrected chi connectivity index (χ2v) is 4.60. The Morgan fingerprint density at radius 1 is 1.54 bits per heavy atom. The number of aryl methyl sites for hydroxylation is 1. The quantitative estimate of drug-likeness (QED) is 0.712. The van der Waals surface area contributed by atoms with E-state index in [-0.39, 0.29) is 5.78 Å². The van der Waals surface area contributed by atoms with Crippen LogP contribution in [0.25, 0.3) is 0 Å². The van der Waals surface area contributed by atoms with E-state index in [9.17, 15) is 4.79 Å². The molecule has 0 spiro atoms. The summed E-state index contributed by atoms with van der Waals surface area (Å²) in [5.41, 5.74) is 0.758. The molecule has 0 aliphatic rings. The molecular formula is C9H7NOS2. The third-order valence-corrected chi connectivity index (χ3v) is 3.22. The maximum absolute atomic E-state index is 11.7. The molecule has 2 nitrogen and oxygen atoms in total. The third kappa shape index (κ3) is 1.68. The second-order valence-electron chi connectivity index (χ2n) is 2.58. The average Bonchev–Trinajstić information content (AvgIpc) is 2.72. The molecule has 0 radical (unpaired) electrons. The minimum absolute atomic E-state index is 0.0758. The van der Waals surface area contributed by atoms with Gasteiger partial charge in [-0.1, -0.05) is 0 Å². The largest absolute Gasteiger partial charge is 0.288 e. The van der Waals surface area contributed by atoms with Gasteiger partial charge in [0.05, 0.1) is 9.88 Å². The van der Waals surface area contributed by atoms with E-state index in [1.54, 1.807) is 6.20 Å². The monoisotopic (exact) mass is 209 g/mol. The van der Waals surface area contributed by atoms with E-state index in [1.807, 2.05) is 23.8 Å². The lowest BCUT2D eigenvalue weighted by molar-refractivity contribution is 0.104. The predicted octanol–water partition coefficient (Wildman–Crippen LogP) is 2.74. The molecule has 0 saturated carbocycles. The van der Waals surface area contributed by atoms with Gasteiger partial charge in [-0.15, -0.1) is 11.3 Å². The topological polar surface area (TPSA) is 30.0 Å². The molecule has 0 aromatic carbocycles. The molecule has 0 N–H and O–H groups in total. The van der Waals surface area contributed by atoms with Crippen LogP contribution in [0.15, 0.2) is 23.0 Å². The lowest BCUT2D eigenvalue weighted by Crippen LogP contribution is -1.95. The van der Waals surface area contributed by atoms with E-state index in [2.05, 4.69) is 4.98 Å². The number of carbonyl (C=O) groups excluding carboxylic acids is 1. The normalized spacial score (nSPS) is 10.2. The van der Waals surface area contributed by atoms with Crippen LogP contribution in [0.5, 0.6) is 0 Å². The number of thiophene rings is 1. The first-order chi connectivity index (χ1) is 6.27. The maximum Gasteiger partial charge on any atom is 0.205 e. The van der Waals surface area contributed by atoms with E-state index < -0.39 is 0 Å². The van der Waals surface area contributed by atoms with Crippen LogP contribution in [0.4, 0.5) is 0 Å². The number of aromatic nitrogens is 1. The van der Waals surface area contributed by atoms with E-state index in [1.165, 1.54) is 22.7 Å². The number of thiazole rings is 1. The van der Waals surface area contributed by atoms with Crippen LogP contribution in [0.1, 0.15) is 20.2 Å². The van der Waals surface area contributed by atoms with Crippen molar-refractivity contribution in [2.24, 2.45) is 0 Å². The molecule has 0 saturated heterocycles. The summed E-state index contributed by atoms with van der Waals surface area (Å²) in [5, 5.41) is 4.69. The Labute approximate surface area is 83.9 Å². The average molecular weight is 209 g/mol. The van der Waals surface area contributed by atoms with Gasteiger partial charge in [-0.25, -0.2) is 4.98 Å². The van der Waals surface area contributed by atoms with Crippen LogP contribution in [-0.4, -0.2) is 10.8 Å². The predicted molar refractivity (Wildman–Crippen MR) is 54.6 cm³/mol. The van der Waals surface area contributed by atoms with E-state index in [0.29, 0.717) is 0 Å². The Morgan fingerprint density at radius 3 is 2.92 bits per heavy atom. The van der Waals surface area contributed by atoms with Gasteiger partial charge in [0.25, 0.3) is 0 Å². The zero-order valence-electron chi connectivity index (χ0n) is 6.98. The van der Waals surface area contributed by atoms with Crippen LogP contribution < -0.4 is 0 Å². The van der Waals surface area contributed by atoms with Crippen molar-refractivity contribution in [2.75, 3.05) is 0 Å². The molecule has 2 aromatic rings. The van der Waals surface area contributed by atoms with Gasteiger partial charge in [-0.2, -0.15) is 11.3 Å². The van der Waals surface area contributed by atoms with Crippen molar-refractivity contribution in [1.29, 1.82) is 0 Å². The fourth-order valence-corrected chi connectivity index (χ4v) is 2.38. The van der Waals surface area contributed by atoms with Crippen molar-refractivity contribution < 1.29 is 4.79 Å². The van der Waals surface area contributed by atoms with Crippen LogP contribution >= 0.6 is 22.7 Å². The van der Waals surface area contributed by atoms with E-state index in [0.717, 1.165) is 15.4 Å². The highest BCUT2D eigenvalue weighted by Gasteiger charge is 2.11. The molecule has 66 valence electrons. The number of rotatable bonds is 2. The molecule has 0 amide bonds. The SMILES string of the molecule is Cc1ncc(C(=O)c2ccsc2)s1. The van der Waals surface area contributed by atoms with Gasteiger partial charge in [-0.05, 0) is 18.4 Å². The molecule has 2 rings (SSSR count). The Hall–Kier alpha value is -1.00. The highest BCUT2D eigenvalue weighted by atomic mass is 32.1. The van der Waals surface area contributed by atoms with Crippen molar-refractivity contribution in [1.82, 2.24) is 4.98 Å². The van der Waals surface area contributed by atoms with Crippen LogP contribution in [0, 0.1) is 6.92 Å². The molecular weight excluding hydrogens is 202 g/mol. The van der Waals surface area contributed by atoms with E-state index >= 15 is 0 Å². The van der Waals surface area contributed by atoms with Crippen LogP contribution in [-0.2, 0) is 0 Å². The molecule has 4 heteroatoms. The Balaban J connectivity index is 2.33. The summed E-state index contributed by atoms with van der Waals surface area (Å²) in [7, 11) is 0. The number of hydrogen-bond acceptors (Lipinski definition) is 4. The van der Waals surface area contributed by atoms with Gasteiger partial charge in [0, 0.05) is 17.1 Å². The Bertz CT molecular complexity index is 417. The van der Waals surface area contributed by atoms with Crippen LogP contribution in [0.2, 0.25) is 0 Å². The van der Waals surface area contributed by atoms with Gasteiger partial charge in [0.15, 0.2) is 0 Å². The van der Waals surface area contributed by atoms with Crippen molar-refractivity contribution in [2.45, 2.75) is 6.92 Å². The molecule has 2 heterocycles. The number of nitrogens with zero attached hydrogens (tertiary/aromatic N) is 1. The van der Waals surface area contributed by atoms with Gasteiger partial charge < -0.3 is 0 Å². The first-order valence-corrected chi connectivity index (χ1v) is 5.52. The summed E-state index contributed by atoms with van der Waals surface area (Å²) >= 11 is 2.97. The third-order valence-electron chi connectivity index (χ3n) is 1.63. The molecule has 0 aliphatic carbocycles. The maximum atomic E-state index is 11.7. The lowest BCUT2D eigenvalue weighted by atomic mass is 10.2. The summed E-state index contributed by atoms with van der Waals surface area (Å²) in [6, 6.07) is 1.84. The molecule has 13 heavy (non-hydrogen) atoms. The lowest BCUT2D eigenvalue weighted by Gasteiger charge is -1.89. The van der Waals surface area contributed by atoms with Crippen molar-refractivity contribution in [3.63, 3.8) is 0 Å². The summed E-state index contributed by atoms with van der Waals surface area (Å²) in [6.07, 6.45) is 1.64. The second kappa shape index (κ2) is 3.40. The highest BCUT2D eigenvalue weighted by molar-refractivity contribution is 7.14. The molecule has 2 aromatic heterocycles. The number of hydrogen-bond donors (Lipinski definition) is 0. The molecule has 0 atom stereocenters. The summed E-state index contributed by atoms with van der Waals surface area (Å²) in [4.78, 5) is 16.5. The highest BCUT2D eigenvalue weighted by Crippen LogP contribution is 2.17. The van der Waals surface area contributed by atoms with Crippen LogP contribution in [0.3, 0.4) is 0 Å². The van der Waals surface area contributed by atoms with Gasteiger partial charge in [0.1, 0.15) is 0 Å². The minimum Gasteiger partial charge on any atom is -0.288 e. The van der Waals surface area contributed by atoms with Gasteiger partial charge in [-0.3, -0.25) is 4.79 Å². The van der Waals surface area contributed by atoms with Crippen molar-refractivity contribution in [3.8, 4) is 0 Å². The summed E-state index contributed by atoms with van der Waals surface area (Å²) in [6.45, 7) is 1.90. The fraction of sp³-hybridized carbons (Fsp3) is 0.111. The standard InChI is InChI=1S/C9H7NOS2/c1-6-10-4-8(13-6)9(11)7-2-3-12-5-7/h2-5H,1H3. The number of carbonyl (C=O) groups is 1. The minimum atomic E-state index is 0.0758. The smallest absolute Gasteiger partial charge is 0.205 e. The first-order valence-electron chi connectivity index (χ1n) is 3.76. The Morgan fingerprint density at radius 2 is 2.38 bits per heavy atom. The van der Waals surface area contributed by atoms with Gasteiger partial charge in [0.2, 0.25) is 5.78 Å².